The van der Waals surface area contributed by atoms with Crippen LogP contribution in [0.3, 0.4) is 0 Å². The van der Waals surface area contributed by atoms with Crippen molar-refractivity contribution in [1.82, 2.24) is 30.3 Å². The number of carbonyl (C=O) groups excluding carboxylic acids is 2. The standard InChI is InChI=1S/C27H19ClFN7O2/c28-21-14-22(29)20(23-10-4-5-11-30-23)13-19(21)26(37)33-25-15-24(35-36(25)18-8-2-1-3-9-18)27(38)31-16-17-7-6-12-32-34-17/h1-15H,16H2,(H,31,38)(H,33,37). The van der Waals surface area contributed by atoms with Gasteiger partial charge in [-0.25, -0.2) is 9.07 Å². The molecule has 2 amide bonds. The van der Waals surface area contributed by atoms with Gasteiger partial charge in [0.15, 0.2) is 5.69 Å². The molecule has 188 valence electrons. The van der Waals surface area contributed by atoms with E-state index in [0.717, 1.165) is 6.07 Å². The van der Waals surface area contributed by atoms with Gasteiger partial charge in [-0.1, -0.05) is 35.9 Å². The maximum Gasteiger partial charge on any atom is 0.272 e. The monoisotopic (exact) mass is 527 g/mol. The van der Waals surface area contributed by atoms with Gasteiger partial charge in [0.05, 0.1) is 34.2 Å². The van der Waals surface area contributed by atoms with E-state index in [-0.39, 0.29) is 34.2 Å². The lowest BCUT2D eigenvalue weighted by Gasteiger charge is -2.11. The highest BCUT2D eigenvalue weighted by molar-refractivity contribution is 6.34. The molecule has 0 atom stereocenters. The topological polar surface area (TPSA) is 115 Å². The summed E-state index contributed by atoms with van der Waals surface area (Å²) in [4.78, 5) is 30.3. The number of hydrogen-bond acceptors (Lipinski definition) is 6. The van der Waals surface area contributed by atoms with E-state index in [9.17, 15) is 14.0 Å². The molecule has 9 nitrogen and oxygen atoms in total. The Morgan fingerprint density at radius 1 is 0.921 bits per heavy atom. The fourth-order valence-corrected chi connectivity index (χ4v) is 3.90. The average molecular weight is 528 g/mol. The molecule has 5 aromatic rings. The zero-order chi connectivity index (χ0) is 26.5. The van der Waals surface area contributed by atoms with Crippen LogP contribution < -0.4 is 10.6 Å². The Morgan fingerprint density at radius 3 is 2.47 bits per heavy atom. The number of amides is 2. The number of hydrogen-bond donors (Lipinski definition) is 2. The predicted octanol–water partition coefficient (Wildman–Crippen LogP) is 4.70. The van der Waals surface area contributed by atoms with Gasteiger partial charge in [0, 0.05) is 24.0 Å². The summed E-state index contributed by atoms with van der Waals surface area (Å²) in [7, 11) is 0. The van der Waals surface area contributed by atoms with Gasteiger partial charge in [0.25, 0.3) is 11.8 Å². The SMILES string of the molecule is O=C(NCc1cccnn1)c1cc(NC(=O)c2cc(-c3ccccn3)c(F)cc2Cl)n(-c2ccccc2)n1. The number of aromatic nitrogens is 5. The van der Waals surface area contributed by atoms with Crippen LogP contribution in [0, 0.1) is 5.82 Å². The Labute approximate surface area is 221 Å². The fraction of sp³-hybridized carbons (Fsp3) is 0.0370. The summed E-state index contributed by atoms with van der Waals surface area (Å²) in [6.45, 7) is 0.147. The van der Waals surface area contributed by atoms with Crippen LogP contribution in [0.4, 0.5) is 10.2 Å². The molecule has 0 radical (unpaired) electrons. The van der Waals surface area contributed by atoms with Crippen molar-refractivity contribution in [2.75, 3.05) is 5.32 Å². The van der Waals surface area contributed by atoms with Gasteiger partial charge in [0.1, 0.15) is 11.6 Å². The summed E-state index contributed by atoms with van der Waals surface area (Å²) in [6.07, 6.45) is 3.06. The van der Waals surface area contributed by atoms with E-state index in [1.807, 2.05) is 6.07 Å². The number of benzene rings is 2. The molecule has 11 heteroatoms. The van der Waals surface area contributed by atoms with Gasteiger partial charge in [-0.3, -0.25) is 14.6 Å². The molecule has 0 fully saturated rings. The minimum atomic E-state index is -0.615. The van der Waals surface area contributed by atoms with E-state index < -0.39 is 17.6 Å². The number of carbonyl (C=O) groups is 2. The number of nitrogens with one attached hydrogen (secondary N) is 2. The largest absolute Gasteiger partial charge is 0.345 e. The Balaban J connectivity index is 1.45. The van der Waals surface area contributed by atoms with E-state index >= 15 is 0 Å². The molecule has 38 heavy (non-hydrogen) atoms. The first-order valence-electron chi connectivity index (χ1n) is 11.4. The van der Waals surface area contributed by atoms with Gasteiger partial charge < -0.3 is 10.6 Å². The van der Waals surface area contributed by atoms with Crippen molar-refractivity contribution in [2.45, 2.75) is 6.54 Å². The number of anilines is 1. The Bertz CT molecular complexity index is 1600. The van der Waals surface area contributed by atoms with Crippen molar-refractivity contribution >= 4 is 29.2 Å². The highest BCUT2D eigenvalue weighted by Gasteiger charge is 2.21. The van der Waals surface area contributed by atoms with Gasteiger partial charge >= 0.3 is 0 Å². The molecule has 2 N–H and O–H groups in total. The number of nitrogens with zero attached hydrogens (tertiary/aromatic N) is 5. The van der Waals surface area contributed by atoms with Gasteiger partial charge in [0.2, 0.25) is 0 Å². The van der Waals surface area contributed by atoms with Crippen LogP contribution in [0.15, 0.2) is 91.3 Å². The highest BCUT2D eigenvalue weighted by atomic mass is 35.5. The second-order valence-electron chi connectivity index (χ2n) is 8.04. The zero-order valence-electron chi connectivity index (χ0n) is 19.7. The third kappa shape index (κ3) is 5.40. The first-order valence-corrected chi connectivity index (χ1v) is 11.8. The Hall–Kier alpha value is -4.96. The summed E-state index contributed by atoms with van der Waals surface area (Å²) in [5, 5.41) is 17.5. The van der Waals surface area contributed by atoms with Crippen molar-refractivity contribution in [3.05, 3.63) is 119 Å². The van der Waals surface area contributed by atoms with E-state index in [1.165, 1.54) is 29.2 Å². The summed E-state index contributed by atoms with van der Waals surface area (Å²) in [6, 6.07) is 21.3. The lowest BCUT2D eigenvalue weighted by Crippen LogP contribution is -2.24. The Kier molecular flexibility index (Phi) is 7.14. The van der Waals surface area contributed by atoms with E-state index in [4.69, 9.17) is 11.6 Å². The number of halogens is 2. The highest BCUT2D eigenvalue weighted by Crippen LogP contribution is 2.28. The van der Waals surface area contributed by atoms with Gasteiger partial charge in [-0.15, -0.1) is 0 Å². The molecule has 2 aromatic carbocycles. The molecule has 3 heterocycles. The first kappa shape index (κ1) is 24.7. The summed E-state index contributed by atoms with van der Waals surface area (Å²) in [5.74, 6) is -1.49. The molecule has 0 spiro atoms. The Morgan fingerprint density at radius 2 is 1.74 bits per heavy atom. The van der Waals surface area contributed by atoms with Crippen molar-refractivity contribution in [1.29, 1.82) is 0 Å². The maximum atomic E-state index is 14.7. The second kappa shape index (κ2) is 11.0. The molecule has 5 rings (SSSR count). The third-order valence-electron chi connectivity index (χ3n) is 5.48. The predicted molar refractivity (Wildman–Crippen MR) is 139 cm³/mol. The first-order chi connectivity index (χ1) is 18.5. The van der Waals surface area contributed by atoms with E-state index in [2.05, 4.69) is 30.9 Å². The summed E-state index contributed by atoms with van der Waals surface area (Å²) < 4.78 is 16.1. The summed E-state index contributed by atoms with van der Waals surface area (Å²) in [5.41, 5.74) is 1.75. The lowest BCUT2D eigenvalue weighted by molar-refractivity contribution is 0.0944. The van der Waals surface area contributed by atoms with Crippen molar-refractivity contribution in [3.8, 4) is 16.9 Å². The van der Waals surface area contributed by atoms with Crippen molar-refractivity contribution in [3.63, 3.8) is 0 Å². The summed E-state index contributed by atoms with van der Waals surface area (Å²) >= 11 is 6.24. The molecular formula is C27H19ClFN7O2. The average Bonchev–Trinajstić information content (AvgIpc) is 3.37. The van der Waals surface area contributed by atoms with Gasteiger partial charge in [-0.05, 0) is 48.5 Å². The molecule has 0 unspecified atom stereocenters. The molecule has 0 aliphatic rings. The van der Waals surface area contributed by atoms with Crippen molar-refractivity contribution < 1.29 is 14.0 Å². The molecule has 0 bridgehead atoms. The number of pyridine rings is 1. The van der Waals surface area contributed by atoms with Crippen molar-refractivity contribution in [2.24, 2.45) is 0 Å². The maximum absolute atomic E-state index is 14.7. The number of para-hydroxylation sites is 1. The normalized spacial score (nSPS) is 10.7. The lowest BCUT2D eigenvalue weighted by atomic mass is 10.1. The smallest absolute Gasteiger partial charge is 0.272 e. The molecule has 0 saturated carbocycles. The van der Waals surface area contributed by atoms with E-state index in [0.29, 0.717) is 17.1 Å². The number of rotatable bonds is 7. The fourth-order valence-electron chi connectivity index (χ4n) is 3.66. The van der Waals surface area contributed by atoms with Crippen LogP contribution in [0.25, 0.3) is 16.9 Å². The van der Waals surface area contributed by atoms with Crippen LogP contribution in [-0.4, -0.2) is 36.8 Å². The van der Waals surface area contributed by atoms with Crippen LogP contribution in [-0.2, 0) is 6.54 Å². The zero-order valence-corrected chi connectivity index (χ0v) is 20.4. The molecule has 0 saturated heterocycles. The van der Waals surface area contributed by atoms with Crippen LogP contribution >= 0.6 is 11.6 Å². The molecule has 3 aromatic heterocycles. The van der Waals surface area contributed by atoms with Crippen LogP contribution in [0.2, 0.25) is 5.02 Å². The molecule has 0 aliphatic heterocycles. The van der Waals surface area contributed by atoms with Crippen LogP contribution in [0.5, 0.6) is 0 Å². The third-order valence-corrected chi connectivity index (χ3v) is 5.80. The molecular weight excluding hydrogens is 509 g/mol. The minimum Gasteiger partial charge on any atom is -0.345 e. The van der Waals surface area contributed by atoms with E-state index in [1.54, 1.807) is 54.6 Å². The van der Waals surface area contributed by atoms with Crippen LogP contribution in [0.1, 0.15) is 26.5 Å². The van der Waals surface area contributed by atoms with Gasteiger partial charge in [-0.2, -0.15) is 15.3 Å². The minimum absolute atomic E-state index is 0.0307. The second-order valence-corrected chi connectivity index (χ2v) is 8.45. The quantitative estimate of drug-likeness (QED) is 0.317. The molecule has 0 aliphatic carbocycles.